The zero-order valence-electron chi connectivity index (χ0n) is 13.5. The molecule has 5 nitrogen and oxygen atoms in total. The second-order valence-corrected chi connectivity index (χ2v) is 6.13. The second kappa shape index (κ2) is 6.36. The molecule has 0 spiro atoms. The van der Waals surface area contributed by atoms with Crippen LogP contribution < -0.4 is 10.9 Å². The third-order valence-corrected chi connectivity index (χ3v) is 4.32. The Morgan fingerprint density at radius 3 is 2.78 bits per heavy atom. The maximum atomic E-state index is 12.3. The van der Waals surface area contributed by atoms with Crippen molar-refractivity contribution >= 4 is 5.91 Å². The standard InChI is InChI=1S/C18H21N3O2/c1-12-6-8-14(9-7-12)11-19-18(23)13(2)21-17(22)10-15-4-3-5-16(15)20-21/h6-10,13H,3-5,11H2,1-2H3,(H,19,23). The highest BCUT2D eigenvalue weighted by molar-refractivity contribution is 5.79. The number of hydrogen-bond donors (Lipinski definition) is 1. The molecule has 0 aliphatic heterocycles. The van der Waals surface area contributed by atoms with E-state index in [2.05, 4.69) is 10.4 Å². The van der Waals surface area contributed by atoms with Crippen LogP contribution in [0.3, 0.4) is 0 Å². The SMILES string of the molecule is Cc1ccc(CNC(=O)C(C)n2nc3c(cc2=O)CCC3)cc1. The first-order chi connectivity index (χ1) is 11.0. The Morgan fingerprint density at radius 2 is 2.04 bits per heavy atom. The predicted molar refractivity (Wildman–Crippen MR) is 88.3 cm³/mol. The van der Waals surface area contributed by atoms with Gasteiger partial charge in [-0.1, -0.05) is 29.8 Å². The Morgan fingerprint density at radius 1 is 1.30 bits per heavy atom. The topological polar surface area (TPSA) is 64.0 Å². The largest absolute Gasteiger partial charge is 0.350 e. The van der Waals surface area contributed by atoms with E-state index in [4.69, 9.17) is 0 Å². The monoisotopic (exact) mass is 311 g/mol. The van der Waals surface area contributed by atoms with Crippen molar-refractivity contribution in [2.45, 2.75) is 45.7 Å². The average molecular weight is 311 g/mol. The van der Waals surface area contributed by atoms with Gasteiger partial charge >= 0.3 is 0 Å². The third-order valence-electron chi connectivity index (χ3n) is 4.32. The van der Waals surface area contributed by atoms with Crippen LogP contribution in [0.4, 0.5) is 0 Å². The third kappa shape index (κ3) is 3.33. The van der Waals surface area contributed by atoms with Crippen LogP contribution >= 0.6 is 0 Å². The van der Waals surface area contributed by atoms with Crippen molar-refractivity contribution in [3.05, 3.63) is 63.1 Å². The molecular formula is C18H21N3O2. The molecule has 120 valence electrons. The van der Waals surface area contributed by atoms with Gasteiger partial charge in [-0.05, 0) is 44.2 Å². The molecule has 0 saturated carbocycles. The molecule has 0 bridgehead atoms. The molecule has 0 fully saturated rings. The fraction of sp³-hybridized carbons (Fsp3) is 0.389. The molecule has 2 aromatic rings. The molecule has 1 unspecified atom stereocenters. The van der Waals surface area contributed by atoms with Crippen LogP contribution in [-0.2, 0) is 24.2 Å². The minimum absolute atomic E-state index is 0.196. The summed E-state index contributed by atoms with van der Waals surface area (Å²) in [7, 11) is 0. The average Bonchev–Trinajstić information content (AvgIpc) is 2.99. The molecule has 3 rings (SSSR count). The summed E-state index contributed by atoms with van der Waals surface area (Å²) in [4.78, 5) is 24.5. The van der Waals surface area contributed by atoms with E-state index in [1.165, 1.54) is 10.2 Å². The Kier molecular flexibility index (Phi) is 4.28. The predicted octanol–water partition coefficient (Wildman–Crippen LogP) is 1.92. The molecule has 0 saturated heterocycles. The number of nitrogens with zero attached hydrogens (tertiary/aromatic N) is 2. The highest BCUT2D eigenvalue weighted by atomic mass is 16.2. The molecule has 1 atom stereocenters. The number of nitrogens with one attached hydrogen (secondary N) is 1. The molecule has 1 aliphatic rings. The first-order valence-electron chi connectivity index (χ1n) is 7.99. The molecule has 1 heterocycles. The zero-order valence-corrected chi connectivity index (χ0v) is 13.5. The fourth-order valence-corrected chi connectivity index (χ4v) is 2.85. The molecule has 0 radical (unpaired) electrons. The lowest BCUT2D eigenvalue weighted by Gasteiger charge is -2.15. The van der Waals surface area contributed by atoms with Crippen LogP contribution in [-0.4, -0.2) is 15.7 Å². The lowest BCUT2D eigenvalue weighted by atomic mass is 10.1. The summed E-state index contributed by atoms with van der Waals surface area (Å²) >= 11 is 0. The van der Waals surface area contributed by atoms with E-state index in [-0.39, 0.29) is 11.5 Å². The fourth-order valence-electron chi connectivity index (χ4n) is 2.85. The lowest BCUT2D eigenvalue weighted by molar-refractivity contribution is -0.124. The number of hydrogen-bond acceptors (Lipinski definition) is 3. The first-order valence-corrected chi connectivity index (χ1v) is 7.99. The summed E-state index contributed by atoms with van der Waals surface area (Å²) < 4.78 is 1.30. The van der Waals surface area contributed by atoms with Crippen LogP contribution in [0.25, 0.3) is 0 Å². The minimum atomic E-state index is -0.612. The molecule has 1 amide bonds. The number of amides is 1. The van der Waals surface area contributed by atoms with Gasteiger partial charge in [-0.3, -0.25) is 9.59 Å². The van der Waals surface area contributed by atoms with Crippen molar-refractivity contribution < 1.29 is 4.79 Å². The smallest absolute Gasteiger partial charge is 0.267 e. The summed E-state index contributed by atoms with van der Waals surface area (Å²) in [6.07, 6.45) is 2.82. The Hall–Kier alpha value is -2.43. The van der Waals surface area contributed by atoms with Crippen molar-refractivity contribution in [3.8, 4) is 0 Å². The van der Waals surface area contributed by atoms with Gasteiger partial charge in [0.05, 0.1) is 5.69 Å². The summed E-state index contributed by atoms with van der Waals surface area (Å²) in [5.74, 6) is -0.196. The highest BCUT2D eigenvalue weighted by Crippen LogP contribution is 2.18. The van der Waals surface area contributed by atoms with Crippen LogP contribution in [0.15, 0.2) is 35.1 Å². The quantitative estimate of drug-likeness (QED) is 0.938. The second-order valence-electron chi connectivity index (χ2n) is 6.13. The number of aromatic nitrogens is 2. The van der Waals surface area contributed by atoms with Gasteiger partial charge in [-0.25, -0.2) is 4.68 Å². The lowest BCUT2D eigenvalue weighted by Crippen LogP contribution is -2.37. The number of aryl methyl sites for hydroxylation is 3. The van der Waals surface area contributed by atoms with Gasteiger partial charge in [0.15, 0.2) is 0 Å². The Bertz CT molecular complexity index is 778. The molecular weight excluding hydrogens is 290 g/mol. The van der Waals surface area contributed by atoms with Crippen LogP contribution in [0.2, 0.25) is 0 Å². The number of fused-ring (bicyclic) bond motifs is 1. The molecule has 1 aromatic heterocycles. The summed E-state index contributed by atoms with van der Waals surface area (Å²) in [6.45, 7) is 4.18. The van der Waals surface area contributed by atoms with Gasteiger partial charge in [-0.15, -0.1) is 0 Å². The Balaban J connectivity index is 1.70. The van der Waals surface area contributed by atoms with Gasteiger partial charge < -0.3 is 5.32 Å². The van der Waals surface area contributed by atoms with Crippen molar-refractivity contribution in [3.63, 3.8) is 0 Å². The normalized spacial score (nSPS) is 14.3. The van der Waals surface area contributed by atoms with Crippen LogP contribution in [0.5, 0.6) is 0 Å². The molecule has 5 heteroatoms. The van der Waals surface area contributed by atoms with E-state index in [1.807, 2.05) is 31.2 Å². The van der Waals surface area contributed by atoms with Gasteiger partial charge in [0.2, 0.25) is 5.91 Å². The minimum Gasteiger partial charge on any atom is -0.350 e. The van der Waals surface area contributed by atoms with Crippen molar-refractivity contribution in [2.24, 2.45) is 0 Å². The van der Waals surface area contributed by atoms with Gasteiger partial charge in [0, 0.05) is 12.6 Å². The maximum Gasteiger partial charge on any atom is 0.267 e. The number of carbonyl (C=O) groups excluding carboxylic acids is 1. The van der Waals surface area contributed by atoms with Crippen molar-refractivity contribution in [2.75, 3.05) is 0 Å². The van der Waals surface area contributed by atoms with Gasteiger partial charge in [-0.2, -0.15) is 5.10 Å². The number of rotatable bonds is 4. The van der Waals surface area contributed by atoms with E-state index >= 15 is 0 Å². The summed E-state index contributed by atoms with van der Waals surface area (Å²) in [5.41, 5.74) is 3.98. The van der Waals surface area contributed by atoms with Crippen LogP contribution in [0, 0.1) is 6.92 Å². The van der Waals surface area contributed by atoms with Crippen LogP contribution in [0.1, 0.15) is 41.8 Å². The molecule has 1 aromatic carbocycles. The van der Waals surface area contributed by atoms with Gasteiger partial charge in [0.1, 0.15) is 6.04 Å². The van der Waals surface area contributed by atoms with Gasteiger partial charge in [0.25, 0.3) is 5.56 Å². The Labute approximate surface area is 135 Å². The highest BCUT2D eigenvalue weighted by Gasteiger charge is 2.21. The molecule has 23 heavy (non-hydrogen) atoms. The van der Waals surface area contributed by atoms with E-state index in [0.29, 0.717) is 6.54 Å². The first kappa shape index (κ1) is 15.5. The van der Waals surface area contributed by atoms with E-state index in [9.17, 15) is 9.59 Å². The van der Waals surface area contributed by atoms with Crippen molar-refractivity contribution in [1.29, 1.82) is 0 Å². The number of benzene rings is 1. The van der Waals surface area contributed by atoms with E-state index in [1.54, 1.807) is 13.0 Å². The zero-order chi connectivity index (χ0) is 16.4. The summed E-state index contributed by atoms with van der Waals surface area (Å²) in [5, 5.41) is 7.26. The molecule has 1 N–H and O–H groups in total. The van der Waals surface area contributed by atoms with Crippen molar-refractivity contribution in [1.82, 2.24) is 15.1 Å². The maximum absolute atomic E-state index is 12.3. The summed E-state index contributed by atoms with van der Waals surface area (Å²) in [6, 6.07) is 9.01. The van der Waals surface area contributed by atoms with E-state index < -0.39 is 6.04 Å². The van der Waals surface area contributed by atoms with E-state index in [0.717, 1.165) is 36.1 Å². The molecule has 1 aliphatic carbocycles. The number of carbonyl (C=O) groups is 1.